The van der Waals surface area contributed by atoms with Gasteiger partial charge in [0.05, 0.1) is 17.6 Å². The smallest absolute Gasteiger partial charge is 0.270 e. The van der Waals surface area contributed by atoms with Gasteiger partial charge in [-0.25, -0.2) is 0 Å². The van der Waals surface area contributed by atoms with Gasteiger partial charge in [0, 0.05) is 31.8 Å². The van der Waals surface area contributed by atoms with E-state index < -0.39 is 0 Å². The zero-order chi connectivity index (χ0) is 23.5. The van der Waals surface area contributed by atoms with Crippen LogP contribution in [0.5, 0.6) is 0 Å². The molecule has 3 aliphatic rings. The van der Waals surface area contributed by atoms with Crippen LogP contribution in [0.4, 0.5) is 5.82 Å². The summed E-state index contributed by atoms with van der Waals surface area (Å²) in [5.41, 5.74) is 1.30. The Kier molecular flexibility index (Phi) is 7.57. The molecule has 3 saturated heterocycles. The highest BCUT2D eigenvalue weighted by Gasteiger charge is 2.35. The molecule has 9 heteroatoms. The van der Waals surface area contributed by atoms with E-state index in [9.17, 15) is 14.9 Å². The summed E-state index contributed by atoms with van der Waals surface area (Å²) in [6.45, 7) is 7.27. The Balaban J connectivity index is 1.80. The minimum atomic E-state index is -0.250. The van der Waals surface area contributed by atoms with Crippen LogP contribution < -0.4 is 10.5 Å². The number of amides is 1. The van der Waals surface area contributed by atoms with E-state index in [-0.39, 0.29) is 23.1 Å². The number of rotatable bonds is 6. The topological polar surface area (TPSA) is 78.6 Å². The zero-order valence-corrected chi connectivity index (χ0v) is 20.9. The largest absolute Gasteiger partial charge is 0.376 e. The molecule has 1 aromatic heterocycles. The summed E-state index contributed by atoms with van der Waals surface area (Å²) >= 11 is 6.81. The number of carbonyl (C=O) groups excluding carboxylic acids is 1. The Bertz CT molecular complexity index is 1080. The van der Waals surface area contributed by atoms with Crippen molar-refractivity contribution >= 4 is 46.1 Å². The first-order valence-corrected chi connectivity index (χ1v) is 13.0. The molecule has 0 saturated carbocycles. The fourth-order valence-corrected chi connectivity index (χ4v) is 6.06. The molecule has 33 heavy (non-hydrogen) atoms. The van der Waals surface area contributed by atoms with Gasteiger partial charge < -0.3 is 9.64 Å². The van der Waals surface area contributed by atoms with Gasteiger partial charge in [0.1, 0.15) is 21.8 Å². The van der Waals surface area contributed by atoms with Crippen LogP contribution in [-0.2, 0) is 16.1 Å². The summed E-state index contributed by atoms with van der Waals surface area (Å²) < 4.78 is 7.97. The normalized spacial score (nSPS) is 22.5. The Morgan fingerprint density at radius 2 is 2.00 bits per heavy atom. The molecule has 3 fully saturated rings. The van der Waals surface area contributed by atoms with Gasteiger partial charge in [-0.05, 0) is 57.1 Å². The van der Waals surface area contributed by atoms with Crippen molar-refractivity contribution in [1.82, 2.24) is 9.47 Å². The van der Waals surface area contributed by atoms with Gasteiger partial charge in [0.15, 0.2) is 0 Å². The third-order valence-corrected chi connectivity index (χ3v) is 7.89. The highest BCUT2D eigenvalue weighted by atomic mass is 32.2. The summed E-state index contributed by atoms with van der Waals surface area (Å²) in [7, 11) is 0. The van der Waals surface area contributed by atoms with Gasteiger partial charge in [-0.1, -0.05) is 30.9 Å². The van der Waals surface area contributed by atoms with Gasteiger partial charge in [-0.15, -0.1) is 0 Å². The van der Waals surface area contributed by atoms with Gasteiger partial charge in [-0.3, -0.25) is 19.1 Å². The van der Waals surface area contributed by atoms with Crippen LogP contribution in [0.3, 0.4) is 0 Å². The Hall–Kier alpha value is -2.15. The van der Waals surface area contributed by atoms with Crippen molar-refractivity contribution in [3.63, 3.8) is 0 Å². The fraction of sp³-hybridized carbons (Fsp3) is 0.583. The van der Waals surface area contributed by atoms with Crippen LogP contribution in [0.1, 0.15) is 62.1 Å². The predicted molar refractivity (Wildman–Crippen MR) is 135 cm³/mol. The highest BCUT2D eigenvalue weighted by molar-refractivity contribution is 8.26. The fourth-order valence-electron chi connectivity index (χ4n) is 4.80. The molecule has 1 unspecified atom stereocenters. The molecule has 4 rings (SSSR count). The monoisotopic (exact) mass is 486 g/mol. The Morgan fingerprint density at radius 1 is 1.24 bits per heavy atom. The molecule has 0 N–H and O–H groups in total. The summed E-state index contributed by atoms with van der Waals surface area (Å²) in [5, 5.41) is 9.76. The van der Waals surface area contributed by atoms with Gasteiger partial charge >= 0.3 is 0 Å². The predicted octanol–water partition coefficient (Wildman–Crippen LogP) is 3.81. The average molecular weight is 487 g/mol. The van der Waals surface area contributed by atoms with E-state index in [1.165, 1.54) is 18.2 Å². The standard InChI is InChI=1S/C24H30N4O3S2/c1-3-9-27-21(26-10-5-4-6-11-26)18(16(2)19(14-25)22(27)29)13-20-23(30)28(24(32)33-20)15-17-8-7-12-31-17/h13,17H,3-12,15H2,1-2H3/b20-13+. The molecule has 4 heterocycles. The van der Waals surface area contributed by atoms with Crippen molar-refractivity contribution in [3.05, 3.63) is 31.9 Å². The lowest BCUT2D eigenvalue weighted by Crippen LogP contribution is -2.37. The summed E-state index contributed by atoms with van der Waals surface area (Å²) in [5.74, 6) is 0.693. The van der Waals surface area contributed by atoms with Crippen molar-refractivity contribution in [2.45, 2.75) is 65.0 Å². The van der Waals surface area contributed by atoms with Gasteiger partial charge in [-0.2, -0.15) is 5.26 Å². The summed E-state index contributed by atoms with van der Waals surface area (Å²) in [6.07, 6.45) is 7.86. The van der Waals surface area contributed by atoms with Gasteiger partial charge in [0.2, 0.25) is 0 Å². The second-order valence-electron chi connectivity index (χ2n) is 8.78. The first-order valence-electron chi connectivity index (χ1n) is 11.8. The number of pyridine rings is 1. The number of nitriles is 1. The SMILES string of the molecule is CCCn1c(N2CCCCC2)c(/C=C2/SC(=S)N(CC3CCCO3)C2=O)c(C)c(C#N)c1=O. The second kappa shape index (κ2) is 10.4. The quantitative estimate of drug-likeness (QED) is 0.447. The van der Waals surface area contributed by atoms with Crippen LogP contribution >= 0.6 is 24.0 Å². The molecule has 0 radical (unpaired) electrons. The minimum Gasteiger partial charge on any atom is -0.376 e. The van der Waals surface area contributed by atoms with E-state index in [1.54, 1.807) is 9.47 Å². The van der Waals surface area contributed by atoms with Crippen LogP contribution in [0.15, 0.2) is 9.70 Å². The van der Waals surface area contributed by atoms with E-state index in [2.05, 4.69) is 11.0 Å². The first kappa shape index (κ1) is 24.0. The molecule has 7 nitrogen and oxygen atoms in total. The lowest BCUT2D eigenvalue weighted by molar-refractivity contribution is -0.123. The second-order valence-corrected chi connectivity index (χ2v) is 10.5. The van der Waals surface area contributed by atoms with Crippen LogP contribution in [-0.4, -0.2) is 52.0 Å². The third kappa shape index (κ3) is 4.75. The maximum Gasteiger partial charge on any atom is 0.270 e. The van der Waals surface area contributed by atoms with Crippen LogP contribution in [0.25, 0.3) is 6.08 Å². The molecule has 0 bridgehead atoms. The maximum absolute atomic E-state index is 13.3. The molecule has 1 aromatic rings. The van der Waals surface area contributed by atoms with Gasteiger partial charge in [0.25, 0.3) is 11.5 Å². The van der Waals surface area contributed by atoms with E-state index in [0.29, 0.717) is 27.9 Å². The maximum atomic E-state index is 13.3. The highest BCUT2D eigenvalue weighted by Crippen LogP contribution is 2.37. The minimum absolute atomic E-state index is 0.0224. The zero-order valence-electron chi connectivity index (χ0n) is 19.3. The molecule has 1 atom stereocenters. The number of hydrogen-bond donors (Lipinski definition) is 0. The van der Waals surface area contributed by atoms with E-state index in [0.717, 1.165) is 63.2 Å². The number of nitrogens with zero attached hydrogens (tertiary/aromatic N) is 4. The van der Waals surface area contributed by atoms with E-state index in [1.807, 2.05) is 19.9 Å². The van der Waals surface area contributed by atoms with Crippen molar-refractivity contribution in [3.8, 4) is 6.07 Å². The van der Waals surface area contributed by atoms with Crippen LogP contribution in [0.2, 0.25) is 0 Å². The summed E-state index contributed by atoms with van der Waals surface area (Å²) in [4.78, 5) is 30.9. The van der Waals surface area contributed by atoms with Crippen molar-refractivity contribution in [2.75, 3.05) is 31.1 Å². The molecular weight excluding hydrogens is 456 g/mol. The summed E-state index contributed by atoms with van der Waals surface area (Å²) in [6, 6.07) is 2.11. The number of aromatic nitrogens is 1. The third-order valence-electron chi connectivity index (χ3n) is 6.51. The van der Waals surface area contributed by atoms with Crippen molar-refractivity contribution < 1.29 is 9.53 Å². The molecule has 1 amide bonds. The Morgan fingerprint density at radius 3 is 2.64 bits per heavy atom. The lowest BCUT2D eigenvalue weighted by atomic mass is 10.0. The number of carbonyl (C=O) groups is 1. The molecule has 0 aliphatic carbocycles. The van der Waals surface area contributed by atoms with Crippen molar-refractivity contribution in [1.29, 1.82) is 5.26 Å². The van der Waals surface area contributed by atoms with Crippen LogP contribution in [0, 0.1) is 18.3 Å². The first-order chi connectivity index (χ1) is 16.0. The van der Waals surface area contributed by atoms with E-state index in [4.69, 9.17) is 17.0 Å². The lowest BCUT2D eigenvalue weighted by Gasteiger charge is -2.33. The molecule has 3 aliphatic heterocycles. The number of hydrogen-bond acceptors (Lipinski definition) is 7. The number of ether oxygens (including phenoxy) is 1. The molecule has 0 aromatic carbocycles. The number of thioether (sulfide) groups is 1. The number of anilines is 1. The van der Waals surface area contributed by atoms with E-state index >= 15 is 0 Å². The molecule has 176 valence electrons. The average Bonchev–Trinajstić information content (AvgIpc) is 3.42. The Labute approximate surface area is 204 Å². The molecule has 0 spiro atoms. The molecular formula is C24H30N4O3S2. The number of thiocarbonyl (C=S) groups is 1. The van der Waals surface area contributed by atoms with Crippen molar-refractivity contribution in [2.24, 2.45) is 0 Å². The number of piperidine rings is 1.